The van der Waals surface area contributed by atoms with Gasteiger partial charge in [-0.2, -0.15) is 0 Å². The van der Waals surface area contributed by atoms with Crippen LogP contribution in [0.15, 0.2) is 42.6 Å². The molecule has 0 bridgehead atoms. The average Bonchev–Trinajstić information content (AvgIpc) is 2.53. The van der Waals surface area contributed by atoms with E-state index in [4.69, 9.17) is 0 Å². The number of benzene rings is 1. The molecule has 2 aromatic rings. The number of aromatic nitrogens is 1. The maximum Gasteiger partial charge on any atom is 0.270 e. The van der Waals surface area contributed by atoms with Gasteiger partial charge in [-0.15, -0.1) is 0 Å². The van der Waals surface area contributed by atoms with Crippen LogP contribution in [0, 0.1) is 0 Å². The highest BCUT2D eigenvalue weighted by molar-refractivity contribution is 5.92. The fourth-order valence-corrected chi connectivity index (χ4v) is 2.02. The van der Waals surface area contributed by atoms with Crippen LogP contribution >= 0.6 is 0 Å². The Kier molecular flexibility index (Phi) is 4.71. The van der Waals surface area contributed by atoms with Crippen LogP contribution < -0.4 is 10.6 Å². The lowest BCUT2D eigenvalue weighted by Gasteiger charge is -2.09. The van der Waals surface area contributed by atoms with Crippen LogP contribution in [-0.4, -0.2) is 17.9 Å². The summed E-state index contributed by atoms with van der Waals surface area (Å²) in [7, 11) is 1.82. The number of carbonyl (C=O) groups excluding carboxylic acids is 1. The molecule has 20 heavy (non-hydrogen) atoms. The first-order valence-electron chi connectivity index (χ1n) is 6.73. The van der Waals surface area contributed by atoms with E-state index >= 15 is 0 Å². The quantitative estimate of drug-likeness (QED) is 0.877. The second-order valence-corrected chi connectivity index (χ2v) is 4.49. The van der Waals surface area contributed by atoms with Gasteiger partial charge in [0.1, 0.15) is 5.69 Å². The van der Waals surface area contributed by atoms with Crippen molar-refractivity contribution in [3.05, 3.63) is 59.4 Å². The van der Waals surface area contributed by atoms with E-state index in [0.717, 1.165) is 17.7 Å². The summed E-state index contributed by atoms with van der Waals surface area (Å²) in [5.41, 5.74) is 3.72. The van der Waals surface area contributed by atoms with E-state index < -0.39 is 0 Å². The molecule has 1 aromatic heterocycles. The first kappa shape index (κ1) is 14.1. The highest BCUT2D eigenvalue weighted by Gasteiger charge is 2.07. The van der Waals surface area contributed by atoms with Crippen LogP contribution in [0.1, 0.15) is 28.5 Å². The summed E-state index contributed by atoms with van der Waals surface area (Å²) >= 11 is 0. The van der Waals surface area contributed by atoms with E-state index in [1.54, 1.807) is 12.3 Å². The Bertz CT molecular complexity index is 579. The maximum atomic E-state index is 12.0. The van der Waals surface area contributed by atoms with Crippen LogP contribution in [0.4, 0.5) is 5.69 Å². The first-order valence-corrected chi connectivity index (χ1v) is 6.73. The Balaban J connectivity index is 2.01. The fourth-order valence-electron chi connectivity index (χ4n) is 2.02. The molecule has 1 amide bonds. The number of pyridine rings is 1. The Morgan fingerprint density at radius 2 is 1.90 bits per heavy atom. The van der Waals surface area contributed by atoms with Gasteiger partial charge in [0.15, 0.2) is 0 Å². The van der Waals surface area contributed by atoms with Crippen molar-refractivity contribution in [2.24, 2.45) is 0 Å². The summed E-state index contributed by atoms with van der Waals surface area (Å²) in [6.07, 6.45) is 2.61. The Labute approximate surface area is 119 Å². The summed E-state index contributed by atoms with van der Waals surface area (Å²) < 4.78 is 0. The van der Waals surface area contributed by atoms with Crippen LogP contribution in [-0.2, 0) is 13.0 Å². The molecule has 0 fully saturated rings. The van der Waals surface area contributed by atoms with Gasteiger partial charge < -0.3 is 10.6 Å². The number of hydrogen-bond donors (Lipinski definition) is 2. The normalized spacial score (nSPS) is 10.1. The molecule has 2 rings (SSSR count). The third kappa shape index (κ3) is 3.35. The van der Waals surface area contributed by atoms with Gasteiger partial charge in [0.25, 0.3) is 5.91 Å². The maximum absolute atomic E-state index is 12.0. The van der Waals surface area contributed by atoms with Crippen molar-refractivity contribution >= 4 is 11.6 Å². The summed E-state index contributed by atoms with van der Waals surface area (Å²) in [6.45, 7) is 2.64. The SMILES string of the molecule is CCc1ccccc1CNC(=O)c1ccc(NC)cn1. The van der Waals surface area contributed by atoms with Crippen molar-refractivity contribution in [3.63, 3.8) is 0 Å². The zero-order valence-electron chi connectivity index (χ0n) is 11.8. The highest BCUT2D eigenvalue weighted by atomic mass is 16.1. The van der Waals surface area contributed by atoms with E-state index in [1.807, 2.05) is 31.3 Å². The minimum Gasteiger partial charge on any atom is -0.387 e. The molecule has 0 aliphatic rings. The molecule has 104 valence electrons. The summed E-state index contributed by atoms with van der Waals surface area (Å²) in [6, 6.07) is 11.7. The second kappa shape index (κ2) is 6.70. The second-order valence-electron chi connectivity index (χ2n) is 4.49. The lowest BCUT2D eigenvalue weighted by molar-refractivity contribution is 0.0946. The van der Waals surface area contributed by atoms with Crippen molar-refractivity contribution in [2.45, 2.75) is 19.9 Å². The van der Waals surface area contributed by atoms with Gasteiger partial charge in [-0.25, -0.2) is 4.98 Å². The molecule has 0 saturated heterocycles. The van der Waals surface area contributed by atoms with Crippen molar-refractivity contribution in [1.82, 2.24) is 10.3 Å². The molecule has 4 heteroatoms. The van der Waals surface area contributed by atoms with Crippen molar-refractivity contribution in [1.29, 1.82) is 0 Å². The molecule has 0 aliphatic heterocycles. The lowest BCUT2D eigenvalue weighted by Crippen LogP contribution is -2.24. The predicted octanol–water partition coefficient (Wildman–Crippen LogP) is 2.62. The first-order chi connectivity index (χ1) is 9.74. The van der Waals surface area contributed by atoms with E-state index in [-0.39, 0.29) is 5.91 Å². The summed E-state index contributed by atoms with van der Waals surface area (Å²) in [5, 5.41) is 5.88. The zero-order valence-corrected chi connectivity index (χ0v) is 11.8. The van der Waals surface area contributed by atoms with Crippen LogP contribution in [0.25, 0.3) is 0 Å². The van der Waals surface area contributed by atoms with E-state index in [1.165, 1.54) is 5.56 Å². The molecule has 0 radical (unpaired) electrons. The minimum atomic E-state index is -0.154. The number of aryl methyl sites for hydroxylation is 1. The van der Waals surface area contributed by atoms with Gasteiger partial charge >= 0.3 is 0 Å². The molecule has 0 saturated carbocycles. The highest BCUT2D eigenvalue weighted by Crippen LogP contribution is 2.10. The lowest BCUT2D eigenvalue weighted by atomic mass is 10.1. The van der Waals surface area contributed by atoms with E-state index in [9.17, 15) is 4.79 Å². The molecule has 0 aliphatic carbocycles. The van der Waals surface area contributed by atoms with Crippen molar-refractivity contribution < 1.29 is 4.79 Å². The van der Waals surface area contributed by atoms with Gasteiger partial charge in [-0.3, -0.25) is 4.79 Å². The summed E-state index contributed by atoms with van der Waals surface area (Å²) in [4.78, 5) is 16.2. The Morgan fingerprint density at radius 1 is 1.15 bits per heavy atom. The standard InChI is InChI=1S/C16H19N3O/c1-3-12-6-4-5-7-13(12)10-19-16(20)15-9-8-14(17-2)11-18-15/h4-9,11,17H,3,10H2,1-2H3,(H,19,20). The molecule has 4 nitrogen and oxygen atoms in total. The number of amides is 1. The Hall–Kier alpha value is -2.36. The molecule has 1 aromatic carbocycles. The number of hydrogen-bond acceptors (Lipinski definition) is 3. The molecule has 0 unspecified atom stereocenters. The average molecular weight is 269 g/mol. The molecular weight excluding hydrogens is 250 g/mol. The van der Waals surface area contributed by atoms with E-state index in [0.29, 0.717) is 12.2 Å². The number of nitrogens with one attached hydrogen (secondary N) is 2. The molecular formula is C16H19N3O. The zero-order chi connectivity index (χ0) is 14.4. The monoisotopic (exact) mass is 269 g/mol. The molecule has 1 heterocycles. The Morgan fingerprint density at radius 3 is 2.50 bits per heavy atom. The number of anilines is 1. The fraction of sp³-hybridized carbons (Fsp3) is 0.250. The van der Waals surface area contributed by atoms with Crippen molar-refractivity contribution in [3.8, 4) is 0 Å². The van der Waals surface area contributed by atoms with Crippen LogP contribution in [0.5, 0.6) is 0 Å². The third-order valence-corrected chi connectivity index (χ3v) is 3.22. The van der Waals surface area contributed by atoms with Gasteiger partial charge in [0.05, 0.1) is 11.9 Å². The number of carbonyl (C=O) groups is 1. The van der Waals surface area contributed by atoms with Gasteiger partial charge in [0.2, 0.25) is 0 Å². The van der Waals surface area contributed by atoms with Crippen LogP contribution in [0.3, 0.4) is 0 Å². The molecule has 0 atom stereocenters. The van der Waals surface area contributed by atoms with Gasteiger partial charge in [-0.05, 0) is 29.7 Å². The minimum absolute atomic E-state index is 0.154. The number of nitrogens with zero attached hydrogens (tertiary/aromatic N) is 1. The van der Waals surface area contributed by atoms with Crippen LogP contribution in [0.2, 0.25) is 0 Å². The van der Waals surface area contributed by atoms with Crippen molar-refractivity contribution in [2.75, 3.05) is 12.4 Å². The van der Waals surface area contributed by atoms with Gasteiger partial charge in [-0.1, -0.05) is 31.2 Å². The summed E-state index contributed by atoms with van der Waals surface area (Å²) in [5.74, 6) is -0.154. The predicted molar refractivity (Wildman–Crippen MR) is 80.8 cm³/mol. The molecule has 0 spiro atoms. The number of rotatable bonds is 5. The smallest absolute Gasteiger partial charge is 0.270 e. The largest absolute Gasteiger partial charge is 0.387 e. The third-order valence-electron chi connectivity index (χ3n) is 3.22. The van der Waals surface area contributed by atoms with E-state index in [2.05, 4.69) is 28.6 Å². The molecule has 2 N–H and O–H groups in total. The van der Waals surface area contributed by atoms with Gasteiger partial charge in [0, 0.05) is 13.6 Å². The topological polar surface area (TPSA) is 54.0 Å².